The number of aromatic nitrogens is 1. The zero-order chi connectivity index (χ0) is 12.8. The van der Waals surface area contributed by atoms with Crippen LogP contribution >= 0.6 is 11.8 Å². The Morgan fingerprint density at radius 3 is 2.94 bits per heavy atom. The molecule has 0 aromatic carbocycles. The summed E-state index contributed by atoms with van der Waals surface area (Å²) < 4.78 is 4.79. The summed E-state index contributed by atoms with van der Waals surface area (Å²) in [6.45, 7) is 1.74. The second-order valence-electron chi connectivity index (χ2n) is 3.34. The Labute approximate surface area is 102 Å². The maximum Gasteiger partial charge on any atom is 0.321 e. The van der Waals surface area contributed by atoms with Crippen molar-refractivity contribution in [2.45, 2.75) is 13.0 Å². The molecule has 0 aliphatic carbocycles. The number of carboxylic acid groups (broad SMARTS) is 1. The number of hydrogen-bond donors (Lipinski definition) is 3. The van der Waals surface area contributed by atoms with Gasteiger partial charge >= 0.3 is 5.97 Å². The molecule has 0 unspecified atom stereocenters. The molecule has 1 atom stereocenters. The summed E-state index contributed by atoms with van der Waals surface area (Å²) in [7, 11) is 0. The van der Waals surface area contributed by atoms with Crippen molar-refractivity contribution in [3.8, 4) is 0 Å². The number of hydrogen-bond acceptors (Lipinski definition) is 6. The number of amides is 1. The highest BCUT2D eigenvalue weighted by Gasteiger charge is 2.12. The van der Waals surface area contributed by atoms with Crippen molar-refractivity contribution in [2.24, 2.45) is 5.73 Å². The van der Waals surface area contributed by atoms with Gasteiger partial charge in [-0.2, -0.15) is 0 Å². The number of carboxylic acids is 1. The van der Waals surface area contributed by atoms with Gasteiger partial charge in [0.05, 0.1) is 11.4 Å². The molecule has 0 saturated heterocycles. The molecule has 0 aliphatic heterocycles. The number of carbonyl (C=O) groups is 2. The van der Waals surface area contributed by atoms with E-state index < -0.39 is 12.0 Å². The van der Waals surface area contributed by atoms with Crippen LogP contribution < -0.4 is 11.1 Å². The first-order valence-electron chi connectivity index (χ1n) is 4.78. The third-order valence-corrected chi connectivity index (χ3v) is 2.80. The van der Waals surface area contributed by atoms with Crippen LogP contribution in [0.2, 0.25) is 0 Å². The van der Waals surface area contributed by atoms with Crippen LogP contribution in [0.25, 0.3) is 0 Å². The standard InChI is InChI=1S/C9H13N3O4S/c1-5-2-8(16-12-5)11-7(13)4-17-3-6(10)9(14)15/h2,6H,3-4,10H2,1H3,(H,11,13)(H,14,15)/t6-/m1/s1. The summed E-state index contributed by atoms with van der Waals surface area (Å²) in [6.07, 6.45) is 0. The first-order chi connectivity index (χ1) is 7.99. The monoisotopic (exact) mass is 259 g/mol. The minimum atomic E-state index is -1.08. The number of aliphatic carboxylic acids is 1. The van der Waals surface area contributed by atoms with Crippen molar-refractivity contribution in [1.29, 1.82) is 0 Å². The van der Waals surface area contributed by atoms with Crippen LogP contribution in [0.3, 0.4) is 0 Å². The minimum Gasteiger partial charge on any atom is -0.480 e. The van der Waals surface area contributed by atoms with E-state index in [0.717, 1.165) is 11.8 Å². The summed E-state index contributed by atoms with van der Waals surface area (Å²) in [4.78, 5) is 21.8. The lowest BCUT2D eigenvalue weighted by Crippen LogP contribution is -2.33. The molecule has 0 saturated carbocycles. The van der Waals surface area contributed by atoms with Crippen molar-refractivity contribution in [1.82, 2.24) is 5.16 Å². The van der Waals surface area contributed by atoms with Crippen LogP contribution in [0.5, 0.6) is 0 Å². The van der Waals surface area contributed by atoms with Crippen LogP contribution in [0.1, 0.15) is 5.69 Å². The van der Waals surface area contributed by atoms with Crippen molar-refractivity contribution in [3.05, 3.63) is 11.8 Å². The normalized spacial score (nSPS) is 12.1. The molecule has 94 valence electrons. The molecule has 0 spiro atoms. The molecule has 1 aromatic rings. The largest absolute Gasteiger partial charge is 0.480 e. The van der Waals surface area contributed by atoms with Gasteiger partial charge in [0.25, 0.3) is 0 Å². The smallest absolute Gasteiger partial charge is 0.321 e. The van der Waals surface area contributed by atoms with E-state index in [4.69, 9.17) is 15.4 Å². The van der Waals surface area contributed by atoms with Crippen molar-refractivity contribution < 1.29 is 19.2 Å². The topological polar surface area (TPSA) is 118 Å². The van der Waals surface area contributed by atoms with Crippen molar-refractivity contribution in [2.75, 3.05) is 16.8 Å². The van der Waals surface area contributed by atoms with E-state index in [1.165, 1.54) is 0 Å². The number of carbonyl (C=O) groups excluding carboxylic acids is 1. The Morgan fingerprint density at radius 2 is 2.41 bits per heavy atom. The van der Waals surface area contributed by atoms with Gasteiger partial charge in [-0.05, 0) is 6.92 Å². The third kappa shape index (κ3) is 4.87. The molecule has 1 aromatic heterocycles. The van der Waals surface area contributed by atoms with Gasteiger partial charge in [-0.15, -0.1) is 11.8 Å². The van der Waals surface area contributed by atoms with Gasteiger partial charge in [0, 0.05) is 11.8 Å². The van der Waals surface area contributed by atoms with Gasteiger partial charge in [-0.25, -0.2) is 0 Å². The summed E-state index contributed by atoms with van der Waals surface area (Å²) >= 11 is 1.14. The lowest BCUT2D eigenvalue weighted by atomic mass is 10.4. The highest BCUT2D eigenvalue weighted by molar-refractivity contribution is 8.00. The van der Waals surface area contributed by atoms with E-state index in [1.54, 1.807) is 13.0 Å². The first-order valence-corrected chi connectivity index (χ1v) is 5.94. The van der Waals surface area contributed by atoms with E-state index in [2.05, 4.69) is 10.5 Å². The molecule has 0 radical (unpaired) electrons. The highest BCUT2D eigenvalue weighted by atomic mass is 32.2. The summed E-state index contributed by atoms with van der Waals surface area (Å²) in [5.74, 6) is -0.804. The quantitative estimate of drug-likeness (QED) is 0.661. The van der Waals surface area contributed by atoms with Crippen molar-refractivity contribution >= 4 is 29.5 Å². The van der Waals surface area contributed by atoms with E-state index in [9.17, 15) is 9.59 Å². The summed E-state index contributed by atoms with van der Waals surface area (Å²) in [5.41, 5.74) is 5.95. The number of nitrogens with zero attached hydrogens (tertiary/aromatic N) is 1. The van der Waals surface area contributed by atoms with Crippen LogP contribution in [-0.2, 0) is 9.59 Å². The van der Waals surface area contributed by atoms with Gasteiger partial charge in [-0.3, -0.25) is 14.9 Å². The van der Waals surface area contributed by atoms with E-state index in [-0.39, 0.29) is 23.3 Å². The lowest BCUT2D eigenvalue weighted by Gasteiger charge is -2.05. The molecule has 0 fully saturated rings. The summed E-state index contributed by atoms with van der Waals surface area (Å²) in [5, 5.41) is 14.6. The van der Waals surface area contributed by atoms with Gasteiger partial charge in [-0.1, -0.05) is 5.16 Å². The van der Waals surface area contributed by atoms with Crippen molar-refractivity contribution in [3.63, 3.8) is 0 Å². The lowest BCUT2D eigenvalue weighted by molar-refractivity contribution is -0.137. The molecule has 8 heteroatoms. The second kappa shape index (κ2) is 6.26. The van der Waals surface area contributed by atoms with Gasteiger partial charge < -0.3 is 15.4 Å². The number of thioether (sulfide) groups is 1. The Balaban J connectivity index is 2.24. The fraction of sp³-hybridized carbons (Fsp3) is 0.444. The molecule has 4 N–H and O–H groups in total. The minimum absolute atomic E-state index is 0.112. The fourth-order valence-electron chi connectivity index (χ4n) is 0.946. The SMILES string of the molecule is Cc1cc(NC(=O)CSC[C@@H](N)C(=O)O)on1. The number of anilines is 1. The first kappa shape index (κ1) is 13.5. The number of aryl methyl sites for hydroxylation is 1. The molecule has 1 rings (SSSR count). The average Bonchev–Trinajstić information content (AvgIpc) is 2.63. The van der Waals surface area contributed by atoms with Crippen LogP contribution in [0.4, 0.5) is 5.88 Å². The second-order valence-corrected chi connectivity index (χ2v) is 4.37. The van der Waals surface area contributed by atoms with Gasteiger partial charge in [0.2, 0.25) is 11.8 Å². The van der Waals surface area contributed by atoms with E-state index in [0.29, 0.717) is 5.69 Å². The van der Waals surface area contributed by atoms with Gasteiger partial charge in [0.15, 0.2) is 0 Å². The van der Waals surface area contributed by atoms with E-state index in [1.807, 2.05) is 0 Å². The molecular formula is C9H13N3O4S. The predicted octanol–water partition coefficient (Wildman–Crippen LogP) is 0.0666. The fourth-order valence-corrected chi connectivity index (χ4v) is 1.72. The molecule has 1 amide bonds. The Morgan fingerprint density at radius 1 is 1.71 bits per heavy atom. The number of rotatable bonds is 6. The zero-order valence-corrected chi connectivity index (χ0v) is 9.99. The maximum absolute atomic E-state index is 11.4. The van der Waals surface area contributed by atoms with Crippen LogP contribution in [0, 0.1) is 6.92 Å². The Hall–Kier alpha value is -1.54. The van der Waals surface area contributed by atoms with Gasteiger partial charge in [0.1, 0.15) is 6.04 Å². The molecule has 0 bridgehead atoms. The molecule has 7 nitrogen and oxygen atoms in total. The third-order valence-electron chi connectivity index (χ3n) is 1.74. The molecule has 0 aliphatic rings. The predicted molar refractivity (Wildman–Crippen MR) is 62.8 cm³/mol. The highest BCUT2D eigenvalue weighted by Crippen LogP contribution is 2.09. The summed E-state index contributed by atoms with van der Waals surface area (Å²) in [6, 6.07) is 0.631. The number of nitrogens with two attached hydrogens (primary N) is 1. The van der Waals surface area contributed by atoms with Crippen LogP contribution in [-0.4, -0.2) is 39.7 Å². The average molecular weight is 259 g/mol. The number of nitrogens with one attached hydrogen (secondary N) is 1. The maximum atomic E-state index is 11.4. The van der Waals surface area contributed by atoms with Crippen LogP contribution in [0.15, 0.2) is 10.6 Å². The molecular weight excluding hydrogens is 246 g/mol. The Kier molecular flexibility index (Phi) is 4.98. The zero-order valence-electron chi connectivity index (χ0n) is 9.17. The Bertz CT molecular complexity index is 407. The van der Waals surface area contributed by atoms with E-state index >= 15 is 0 Å². The molecule has 17 heavy (non-hydrogen) atoms. The molecule has 1 heterocycles.